The van der Waals surface area contributed by atoms with Gasteiger partial charge in [0.15, 0.2) is 11.5 Å². The number of carbonyl (C=O) groups is 1. The number of ether oxygens (including phenoxy) is 2. The van der Waals surface area contributed by atoms with E-state index in [1.807, 2.05) is 0 Å². The second-order valence-corrected chi connectivity index (χ2v) is 7.90. The predicted octanol–water partition coefficient (Wildman–Crippen LogP) is 3.62. The van der Waals surface area contributed by atoms with Crippen LogP contribution in [0.15, 0.2) is 70.2 Å². The first-order chi connectivity index (χ1) is 14.8. The Balaban J connectivity index is 1.73. The molecule has 1 heterocycles. The van der Waals surface area contributed by atoms with E-state index < -0.39 is 22.5 Å². The van der Waals surface area contributed by atoms with Gasteiger partial charge in [0.2, 0.25) is 10.0 Å². The van der Waals surface area contributed by atoms with Gasteiger partial charge in [-0.05, 0) is 48.5 Å². The Hall–Kier alpha value is -3.44. The minimum Gasteiger partial charge on any atom is -0.493 e. The minimum atomic E-state index is -3.86. The van der Waals surface area contributed by atoms with E-state index in [1.54, 1.807) is 12.1 Å². The van der Waals surface area contributed by atoms with Gasteiger partial charge < -0.3 is 19.2 Å². The second-order valence-electron chi connectivity index (χ2n) is 6.13. The fourth-order valence-electron chi connectivity index (χ4n) is 2.61. The Morgan fingerprint density at radius 2 is 1.90 bits per heavy atom. The minimum absolute atomic E-state index is 0.0290. The maximum Gasteiger partial charge on any atom is 0.387 e. The number of halogens is 2. The maximum atomic E-state index is 12.5. The summed E-state index contributed by atoms with van der Waals surface area (Å²) in [6.07, 6.45) is 1.43. The largest absolute Gasteiger partial charge is 0.493 e. The molecule has 3 rings (SSSR count). The highest BCUT2D eigenvalue weighted by molar-refractivity contribution is 7.89. The van der Waals surface area contributed by atoms with E-state index in [4.69, 9.17) is 9.15 Å². The van der Waals surface area contributed by atoms with Crippen LogP contribution in [0.1, 0.15) is 16.1 Å². The fourth-order valence-corrected chi connectivity index (χ4v) is 3.65. The molecule has 0 spiro atoms. The van der Waals surface area contributed by atoms with E-state index in [9.17, 15) is 22.0 Å². The molecule has 0 aliphatic heterocycles. The van der Waals surface area contributed by atoms with Crippen molar-refractivity contribution in [1.29, 1.82) is 0 Å². The molecule has 31 heavy (non-hydrogen) atoms. The molecule has 2 aromatic carbocycles. The summed E-state index contributed by atoms with van der Waals surface area (Å²) in [7, 11) is -2.61. The highest BCUT2D eigenvalue weighted by atomic mass is 32.2. The summed E-state index contributed by atoms with van der Waals surface area (Å²) in [5.74, 6) is -0.419. The summed E-state index contributed by atoms with van der Waals surface area (Å²) < 4.78 is 66.6. The highest BCUT2D eigenvalue weighted by Gasteiger charge is 2.17. The quantitative estimate of drug-likeness (QED) is 0.514. The van der Waals surface area contributed by atoms with Crippen LogP contribution in [0.2, 0.25) is 0 Å². The van der Waals surface area contributed by atoms with Crippen molar-refractivity contribution in [1.82, 2.24) is 4.72 Å². The molecule has 0 unspecified atom stereocenters. The molecule has 0 aliphatic rings. The normalized spacial score (nSPS) is 11.4. The number of benzene rings is 2. The smallest absolute Gasteiger partial charge is 0.387 e. The zero-order valence-corrected chi connectivity index (χ0v) is 17.0. The third-order valence-corrected chi connectivity index (χ3v) is 5.46. The fraction of sp³-hybridized carbons (Fsp3) is 0.150. The van der Waals surface area contributed by atoms with Crippen LogP contribution in [0.3, 0.4) is 0 Å². The van der Waals surface area contributed by atoms with Crippen LogP contribution in [0, 0.1) is 0 Å². The van der Waals surface area contributed by atoms with Gasteiger partial charge in [-0.1, -0.05) is 6.07 Å². The Morgan fingerprint density at radius 3 is 2.58 bits per heavy atom. The molecular formula is C20H18F2N2O6S. The van der Waals surface area contributed by atoms with Crippen molar-refractivity contribution in [3.05, 3.63) is 72.2 Å². The van der Waals surface area contributed by atoms with Crippen LogP contribution in [-0.4, -0.2) is 28.0 Å². The predicted molar refractivity (Wildman–Crippen MR) is 107 cm³/mol. The van der Waals surface area contributed by atoms with Crippen molar-refractivity contribution in [2.75, 3.05) is 12.4 Å². The number of furan rings is 1. The standard InChI is InChI=1S/C20H18F2N2O6S/c1-28-18-10-13(7-8-17(18)30-20(21)22)19(25)24-14-4-2-6-16(11-14)31(26,27)23-12-15-5-3-9-29-15/h2-11,20,23H,12H2,1H3,(H,24,25). The van der Waals surface area contributed by atoms with Gasteiger partial charge in [-0.15, -0.1) is 0 Å². The van der Waals surface area contributed by atoms with Gasteiger partial charge in [0.05, 0.1) is 24.8 Å². The van der Waals surface area contributed by atoms with Gasteiger partial charge in [-0.2, -0.15) is 8.78 Å². The number of sulfonamides is 1. The van der Waals surface area contributed by atoms with Crippen LogP contribution < -0.4 is 19.5 Å². The van der Waals surface area contributed by atoms with Crippen molar-refractivity contribution < 1.29 is 35.9 Å². The topological polar surface area (TPSA) is 107 Å². The Labute approximate surface area is 176 Å². The van der Waals surface area contributed by atoms with Crippen LogP contribution in [0.5, 0.6) is 11.5 Å². The van der Waals surface area contributed by atoms with Crippen LogP contribution in [0.25, 0.3) is 0 Å². The van der Waals surface area contributed by atoms with Gasteiger partial charge in [0.1, 0.15) is 5.76 Å². The molecule has 1 aromatic heterocycles. The molecule has 164 valence electrons. The van der Waals surface area contributed by atoms with Crippen LogP contribution in [0.4, 0.5) is 14.5 Å². The first-order valence-electron chi connectivity index (χ1n) is 8.85. The number of hydrogen-bond acceptors (Lipinski definition) is 6. The molecule has 0 saturated heterocycles. The van der Waals surface area contributed by atoms with Crippen LogP contribution in [-0.2, 0) is 16.6 Å². The lowest BCUT2D eigenvalue weighted by molar-refractivity contribution is -0.0512. The van der Waals surface area contributed by atoms with Gasteiger partial charge >= 0.3 is 6.61 Å². The van der Waals surface area contributed by atoms with E-state index in [0.29, 0.717) is 5.76 Å². The number of methoxy groups -OCH3 is 1. The molecule has 3 aromatic rings. The van der Waals surface area contributed by atoms with E-state index in [0.717, 1.165) is 0 Å². The average molecular weight is 452 g/mol. The zero-order valence-electron chi connectivity index (χ0n) is 16.2. The maximum absolute atomic E-state index is 12.5. The number of carbonyl (C=O) groups excluding carboxylic acids is 1. The Kier molecular flexibility index (Phi) is 6.88. The van der Waals surface area contributed by atoms with Crippen molar-refractivity contribution in [3.63, 3.8) is 0 Å². The summed E-state index contributed by atoms with van der Waals surface area (Å²) in [6, 6.07) is 12.6. The van der Waals surface area contributed by atoms with Gasteiger partial charge in [-0.25, -0.2) is 13.1 Å². The lowest BCUT2D eigenvalue weighted by atomic mass is 10.2. The summed E-state index contributed by atoms with van der Waals surface area (Å²) in [5.41, 5.74) is 0.320. The number of alkyl halides is 2. The first-order valence-corrected chi connectivity index (χ1v) is 10.3. The van der Waals surface area contributed by atoms with Crippen molar-refractivity contribution >= 4 is 21.6 Å². The number of nitrogens with one attached hydrogen (secondary N) is 2. The average Bonchev–Trinajstić information content (AvgIpc) is 3.26. The summed E-state index contributed by atoms with van der Waals surface area (Å²) in [5, 5.41) is 2.56. The molecule has 0 radical (unpaired) electrons. The van der Waals surface area contributed by atoms with Crippen LogP contribution >= 0.6 is 0 Å². The molecule has 2 N–H and O–H groups in total. The third-order valence-electron chi connectivity index (χ3n) is 4.06. The van der Waals surface area contributed by atoms with Gasteiger partial charge in [-0.3, -0.25) is 4.79 Å². The molecule has 1 amide bonds. The van der Waals surface area contributed by atoms with Crippen molar-refractivity contribution in [3.8, 4) is 11.5 Å². The van der Waals surface area contributed by atoms with Crippen molar-refractivity contribution in [2.45, 2.75) is 18.1 Å². The van der Waals surface area contributed by atoms with E-state index in [-0.39, 0.29) is 34.2 Å². The first kappa shape index (κ1) is 22.2. The molecule has 0 saturated carbocycles. The molecule has 8 nitrogen and oxygen atoms in total. The van der Waals surface area contributed by atoms with E-state index in [1.165, 1.54) is 55.8 Å². The molecule has 0 bridgehead atoms. The molecule has 0 aliphatic carbocycles. The lowest BCUT2D eigenvalue weighted by Crippen LogP contribution is -2.23. The molecule has 0 atom stereocenters. The summed E-state index contributed by atoms with van der Waals surface area (Å²) in [6.45, 7) is -3.07. The van der Waals surface area contributed by atoms with Gasteiger partial charge in [0.25, 0.3) is 5.91 Å². The SMILES string of the molecule is COc1cc(C(=O)Nc2cccc(S(=O)(=O)NCc3ccco3)c2)ccc1OC(F)F. The number of amides is 1. The molecular weight excluding hydrogens is 434 g/mol. The third kappa shape index (κ3) is 5.80. The lowest BCUT2D eigenvalue weighted by Gasteiger charge is -2.12. The molecule has 11 heteroatoms. The van der Waals surface area contributed by atoms with Gasteiger partial charge in [0, 0.05) is 11.3 Å². The van der Waals surface area contributed by atoms with E-state index >= 15 is 0 Å². The summed E-state index contributed by atoms with van der Waals surface area (Å²) >= 11 is 0. The number of anilines is 1. The Morgan fingerprint density at radius 1 is 1.10 bits per heavy atom. The number of rotatable bonds is 9. The molecule has 0 fully saturated rings. The van der Waals surface area contributed by atoms with E-state index in [2.05, 4.69) is 14.8 Å². The highest BCUT2D eigenvalue weighted by Crippen LogP contribution is 2.30. The zero-order chi connectivity index (χ0) is 22.4. The second kappa shape index (κ2) is 9.58. The monoisotopic (exact) mass is 452 g/mol. The summed E-state index contributed by atoms with van der Waals surface area (Å²) in [4.78, 5) is 12.5. The van der Waals surface area contributed by atoms with Crippen molar-refractivity contribution in [2.24, 2.45) is 0 Å². The number of hydrogen-bond donors (Lipinski definition) is 2. The Bertz CT molecular complexity index is 1150.